The Labute approximate surface area is 155 Å². The minimum absolute atomic E-state index is 0.147. The van der Waals surface area contributed by atoms with Gasteiger partial charge in [0.25, 0.3) is 5.91 Å². The Balaban J connectivity index is 1.86. The van der Waals surface area contributed by atoms with Crippen molar-refractivity contribution in [1.82, 2.24) is 14.5 Å². The zero-order valence-electron chi connectivity index (χ0n) is 15.0. The van der Waals surface area contributed by atoms with E-state index in [-0.39, 0.29) is 11.9 Å². The monoisotopic (exact) mass is 361 g/mol. The summed E-state index contributed by atoms with van der Waals surface area (Å²) in [5.41, 5.74) is 8.03. The number of benzene rings is 2. The summed E-state index contributed by atoms with van der Waals surface area (Å²) in [5.74, 6) is 0.539. The van der Waals surface area contributed by atoms with Crippen molar-refractivity contribution in [2.24, 2.45) is 10.7 Å². The number of hydrogen-bond acceptors (Lipinski definition) is 6. The quantitative estimate of drug-likeness (QED) is 0.719. The number of para-hydroxylation sites is 3. The third-order valence-electron chi connectivity index (χ3n) is 4.94. The lowest BCUT2D eigenvalue weighted by Crippen LogP contribution is -2.51. The van der Waals surface area contributed by atoms with Gasteiger partial charge in [0.1, 0.15) is 0 Å². The maximum Gasteiger partial charge on any atom is 0.282 e. The van der Waals surface area contributed by atoms with E-state index in [0.717, 1.165) is 22.3 Å². The Bertz CT molecular complexity index is 1120. The lowest BCUT2D eigenvalue weighted by atomic mass is 10.00. The third kappa shape index (κ3) is 1.98. The van der Waals surface area contributed by atoms with E-state index in [1.165, 1.54) is 0 Å². The molecule has 27 heavy (non-hydrogen) atoms. The minimum atomic E-state index is -1.30. The van der Waals surface area contributed by atoms with Crippen LogP contribution < -0.4 is 16.0 Å². The Morgan fingerprint density at radius 3 is 2.70 bits per heavy atom. The van der Waals surface area contributed by atoms with Crippen molar-refractivity contribution in [1.29, 1.82) is 0 Å². The number of nitrogens with zero attached hydrogens (tertiary/aromatic N) is 5. The van der Waals surface area contributed by atoms with Gasteiger partial charge in [-0.1, -0.05) is 30.3 Å². The number of nitrogens with one attached hydrogen (secondary N) is 1. The topological polar surface area (TPSA) is 91.8 Å². The summed E-state index contributed by atoms with van der Waals surface area (Å²) in [6, 6.07) is 15.4. The zero-order valence-corrected chi connectivity index (χ0v) is 15.0. The Morgan fingerprint density at radius 2 is 1.89 bits per heavy atom. The molecule has 3 N–H and O–H groups in total. The van der Waals surface area contributed by atoms with Crippen molar-refractivity contribution < 1.29 is 4.79 Å². The normalized spacial score (nSPS) is 20.8. The molecule has 0 fully saturated rings. The largest absolute Gasteiger partial charge is 0.370 e. The molecule has 0 radical (unpaired) electrons. The molecule has 8 nitrogen and oxygen atoms in total. The zero-order chi connectivity index (χ0) is 18.8. The number of amides is 1. The molecule has 8 heteroatoms. The van der Waals surface area contributed by atoms with Crippen LogP contribution in [0.2, 0.25) is 0 Å². The van der Waals surface area contributed by atoms with Crippen LogP contribution in [-0.2, 0) is 10.5 Å². The molecule has 1 spiro atoms. The highest BCUT2D eigenvalue weighted by Gasteiger charge is 2.56. The maximum atomic E-state index is 13.8. The van der Waals surface area contributed by atoms with Gasteiger partial charge in [-0.15, -0.1) is 0 Å². The van der Waals surface area contributed by atoms with Crippen LogP contribution in [0, 0.1) is 0 Å². The standard InChI is InChI=1S/C19H19N7O/c1-24(2)11-25-14-9-5-3-7-12(14)19(16(25)27)23-17(20)22-18-21-13-8-4-6-10-15(13)26(18)19/h3-10H,11H2,1-2H3,(H3,20,21,22,23). The van der Waals surface area contributed by atoms with Crippen molar-refractivity contribution in [3.05, 3.63) is 54.1 Å². The average molecular weight is 361 g/mol. The molecule has 3 aromatic rings. The lowest BCUT2D eigenvalue weighted by Gasteiger charge is -2.32. The lowest BCUT2D eigenvalue weighted by molar-refractivity contribution is -0.124. The summed E-state index contributed by atoms with van der Waals surface area (Å²) < 4.78 is 1.86. The first-order valence-electron chi connectivity index (χ1n) is 8.69. The van der Waals surface area contributed by atoms with Crippen molar-refractivity contribution >= 4 is 34.5 Å². The molecule has 136 valence electrons. The molecule has 2 aliphatic heterocycles. The molecule has 0 aliphatic carbocycles. The van der Waals surface area contributed by atoms with Gasteiger partial charge in [0.05, 0.1) is 23.4 Å². The first kappa shape index (κ1) is 15.8. The minimum Gasteiger partial charge on any atom is -0.370 e. The van der Waals surface area contributed by atoms with Crippen LogP contribution in [0.4, 0.5) is 11.6 Å². The molecule has 1 atom stereocenters. The van der Waals surface area contributed by atoms with E-state index in [0.29, 0.717) is 12.6 Å². The molecule has 2 aromatic carbocycles. The van der Waals surface area contributed by atoms with E-state index in [2.05, 4.69) is 15.3 Å². The molecule has 0 bridgehead atoms. The highest BCUT2D eigenvalue weighted by Crippen LogP contribution is 2.47. The van der Waals surface area contributed by atoms with Crippen LogP contribution in [-0.4, -0.2) is 47.1 Å². The van der Waals surface area contributed by atoms with Crippen molar-refractivity contribution in [2.45, 2.75) is 5.66 Å². The molecule has 3 heterocycles. The fourth-order valence-corrected chi connectivity index (χ4v) is 3.97. The van der Waals surface area contributed by atoms with Gasteiger partial charge in [-0.25, -0.2) is 9.98 Å². The number of carbonyl (C=O) groups is 1. The number of imidazole rings is 1. The van der Waals surface area contributed by atoms with Gasteiger partial charge >= 0.3 is 0 Å². The molecular formula is C19H19N7O. The van der Waals surface area contributed by atoms with Gasteiger partial charge in [0.15, 0.2) is 5.96 Å². The van der Waals surface area contributed by atoms with Crippen LogP contribution >= 0.6 is 0 Å². The first-order chi connectivity index (χ1) is 13.0. The summed E-state index contributed by atoms with van der Waals surface area (Å²) in [5, 5.41) is 3.01. The van der Waals surface area contributed by atoms with Crippen molar-refractivity contribution in [2.75, 3.05) is 31.0 Å². The first-order valence-corrected chi connectivity index (χ1v) is 8.69. The summed E-state index contributed by atoms with van der Waals surface area (Å²) in [6.07, 6.45) is 0. The predicted octanol–water partition coefficient (Wildman–Crippen LogP) is 1.34. The smallest absolute Gasteiger partial charge is 0.282 e. The van der Waals surface area contributed by atoms with Gasteiger partial charge in [0, 0.05) is 5.56 Å². The van der Waals surface area contributed by atoms with Gasteiger partial charge < -0.3 is 5.73 Å². The number of anilines is 2. The number of fused-ring (bicyclic) bond motifs is 6. The summed E-state index contributed by atoms with van der Waals surface area (Å²) in [6.45, 7) is 0.447. The van der Waals surface area contributed by atoms with E-state index in [9.17, 15) is 4.79 Å². The van der Waals surface area contributed by atoms with Gasteiger partial charge in [0.2, 0.25) is 11.6 Å². The molecule has 1 unspecified atom stereocenters. The van der Waals surface area contributed by atoms with E-state index in [1.807, 2.05) is 72.1 Å². The summed E-state index contributed by atoms with van der Waals surface area (Å²) in [4.78, 5) is 26.8. The SMILES string of the molecule is CN(C)CN1C(=O)C2(N=C(N)Nc3nc4ccccc4n32)c2ccccc21. The Kier molecular flexibility index (Phi) is 3.11. The molecular weight excluding hydrogens is 342 g/mol. The average Bonchev–Trinajstić information content (AvgIpc) is 3.11. The van der Waals surface area contributed by atoms with Crippen LogP contribution in [0.3, 0.4) is 0 Å². The van der Waals surface area contributed by atoms with Crippen LogP contribution in [0.25, 0.3) is 11.0 Å². The fourth-order valence-electron chi connectivity index (χ4n) is 3.97. The van der Waals surface area contributed by atoms with E-state index >= 15 is 0 Å². The summed E-state index contributed by atoms with van der Waals surface area (Å²) in [7, 11) is 3.86. The van der Waals surface area contributed by atoms with Gasteiger partial charge in [-0.05, 0) is 32.3 Å². The van der Waals surface area contributed by atoms with E-state index in [1.54, 1.807) is 4.90 Å². The highest BCUT2D eigenvalue weighted by atomic mass is 16.2. The fraction of sp³-hybridized carbons (Fsp3) is 0.211. The number of guanidine groups is 1. The van der Waals surface area contributed by atoms with E-state index < -0.39 is 5.66 Å². The number of hydrogen-bond donors (Lipinski definition) is 2. The Hall–Kier alpha value is -3.39. The van der Waals surface area contributed by atoms with Crippen molar-refractivity contribution in [3.63, 3.8) is 0 Å². The predicted molar refractivity (Wildman–Crippen MR) is 105 cm³/mol. The second kappa shape index (κ2) is 5.31. The number of rotatable bonds is 2. The number of carbonyl (C=O) groups excluding carboxylic acids is 1. The van der Waals surface area contributed by atoms with Crippen molar-refractivity contribution in [3.8, 4) is 0 Å². The second-order valence-corrected chi connectivity index (χ2v) is 7.03. The number of aromatic nitrogens is 2. The molecule has 1 aromatic heterocycles. The second-order valence-electron chi connectivity index (χ2n) is 7.03. The number of nitrogens with two attached hydrogens (primary N) is 1. The van der Waals surface area contributed by atoms with Gasteiger partial charge in [-0.2, -0.15) is 0 Å². The Morgan fingerprint density at radius 1 is 1.15 bits per heavy atom. The van der Waals surface area contributed by atoms with E-state index in [4.69, 9.17) is 5.73 Å². The number of aliphatic imine (C=N–C) groups is 1. The molecule has 0 saturated carbocycles. The molecule has 0 saturated heterocycles. The highest BCUT2D eigenvalue weighted by molar-refractivity contribution is 6.12. The van der Waals surface area contributed by atoms with Gasteiger partial charge in [-0.3, -0.25) is 24.5 Å². The van der Waals surface area contributed by atoms with Crippen LogP contribution in [0.1, 0.15) is 5.56 Å². The third-order valence-corrected chi connectivity index (χ3v) is 4.94. The van der Waals surface area contributed by atoms with Crippen LogP contribution in [0.5, 0.6) is 0 Å². The summed E-state index contributed by atoms with van der Waals surface area (Å²) >= 11 is 0. The molecule has 1 amide bonds. The van der Waals surface area contributed by atoms with Crippen LogP contribution in [0.15, 0.2) is 53.5 Å². The molecule has 5 rings (SSSR count). The maximum absolute atomic E-state index is 13.8. The molecule has 2 aliphatic rings.